The van der Waals surface area contributed by atoms with Crippen molar-refractivity contribution < 1.29 is 14.3 Å². The standard InChI is InChI=1S/C39H56N2O3/c1-6-10-13-14-15-16-18-37(17-9-4)39(43)41(30-29-40(27-11-7-2)28-12-8-3)32-34-21-25-36(26-22-34)35-23-19-33(20-24-35)31-38(42)44-5/h9,16-26H,4,6-8,10-15,27-32H2,1-3,5H3/b18-16-,37-17+. The van der Waals surface area contributed by atoms with Crippen molar-refractivity contribution in [2.24, 2.45) is 0 Å². The van der Waals surface area contributed by atoms with Crippen molar-refractivity contribution >= 4 is 11.9 Å². The number of rotatable bonds is 22. The molecule has 0 aliphatic carbocycles. The molecule has 0 saturated carbocycles. The Hall–Kier alpha value is -3.44. The van der Waals surface area contributed by atoms with Crippen LogP contribution in [0.5, 0.6) is 0 Å². The maximum absolute atomic E-state index is 14.0. The van der Waals surface area contributed by atoms with Gasteiger partial charge in [0.15, 0.2) is 0 Å². The van der Waals surface area contributed by atoms with Gasteiger partial charge in [-0.05, 0) is 61.0 Å². The number of carbonyl (C=O) groups excluding carboxylic acids is 2. The third kappa shape index (κ3) is 13.9. The Kier molecular flexibility index (Phi) is 18.5. The second-order valence-electron chi connectivity index (χ2n) is 11.5. The highest BCUT2D eigenvalue weighted by Gasteiger charge is 2.18. The van der Waals surface area contributed by atoms with Gasteiger partial charge in [-0.15, -0.1) is 0 Å². The molecule has 0 bridgehead atoms. The minimum Gasteiger partial charge on any atom is -0.469 e. The summed E-state index contributed by atoms with van der Waals surface area (Å²) in [5, 5.41) is 0. The van der Waals surface area contributed by atoms with Gasteiger partial charge in [0.1, 0.15) is 0 Å². The molecule has 0 radical (unpaired) electrons. The quantitative estimate of drug-likeness (QED) is 0.0586. The van der Waals surface area contributed by atoms with Gasteiger partial charge in [0.2, 0.25) is 0 Å². The number of ether oxygens (including phenoxy) is 1. The molecule has 0 fully saturated rings. The predicted octanol–water partition coefficient (Wildman–Crippen LogP) is 8.94. The first-order valence-electron chi connectivity index (χ1n) is 16.7. The molecule has 0 N–H and O–H groups in total. The molecular formula is C39H56N2O3. The SMILES string of the molecule is C=C/C=C(\C=C/CCCCCC)C(=O)N(CCN(CCCC)CCCC)Cc1ccc(-c2ccc(CC(=O)OC)cc2)cc1. The van der Waals surface area contributed by atoms with Gasteiger partial charge in [-0.1, -0.05) is 132 Å². The van der Waals surface area contributed by atoms with Crippen LogP contribution < -0.4 is 0 Å². The van der Waals surface area contributed by atoms with E-state index in [1.54, 1.807) is 6.08 Å². The molecule has 240 valence electrons. The van der Waals surface area contributed by atoms with E-state index in [9.17, 15) is 9.59 Å². The van der Waals surface area contributed by atoms with E-state index < -0.39 is 0 Å². The van der Waals surface area contributed by atoms with Crippen molar-refractivity contribution in [3.05, 3.63) is 96.1 Å². The zero-order chi connectivity index (χ0) is 32.0. The van der Waals surface area contributed by atoms with Crippen LogP contribution >= 0.6 is 0 Å². The maximum Gasteiger partial charge on any atom is 0.309 e. The molecule has 2 aromatic rings. The Balaban J connectivity index is 2.22. The lowest BCUT2D eigenvalue weighted by molar-refractivity contribution is -0.139. The average Bonchev–Trinajstić information content (AvgIpc) is 3.05. The number of hydrogen-bond donors (Lipinski definition) is 0. The molecule has 0 aliphatic heterocycles. The van der Waals surface area contributed by atoms with Crippen LogP contribution in [0.15, 0.2) is 85.0 Å². The molecule has 0 aromatic heterocycles. The summed E-state index contributed by atoms with van der Waals surface area (Å²) < 4.78 is 4.78. The van der Waals surface area contributed by atoms with E-state index in [-0.39, 0.29) is 18.3 Å². The average molecular weight is 601 g/mol. The van der Waals surface area contributed by atoms with E-state index in [0.29, 0.717) is 18.7 Å². The number of nitrogens with zero attached hydrogens (tertiary/aromatic N) is 2. The van der Waals surface area contributed by atoms with Gasteiger partial charge < -0.3 is 14.5 Å². The number of unbranched alkanes of at least 4 members (excludes halogenated alkanes) is 6. The first-order chi connectivity index (χ1) is 21.4. The van der Waals surface area contributed by atoms with Crippen LogP contribution in [0.4, 0.5) is 0 Å². The molecule has 0 atom stereocenters. The highest BCUT2D eigenvalue weighted by atomic mass is 16.5. The second-order valence-corrected chi connectivity index (χ2v) is 11.5. The molecule has 44 heavy (non-hydrogen) atoms. The van der Waals surface area contributed by atoms with Gasteiger partial charge in [-0.3, -0.25) is 9.59 Å². The largest absolute Gasteiger partial charge is 0.469 e. The summed E-state index contributed by atoms with van der Waals surface area (Å²) in [6, 6.07) is 16.4. The smallest absolute Gasteiger partial charge is 0.309 e. The summed E-state index contributed by atoms with van der Waals surface area (Å²) in [6.07, 6.45) is 18.5. The van der Waals surface area contributed by atoms with Gasteiger partial charge in [-0.25, -0.2) is 0 Å². The Bertz CT molecular complexity index is 1160. The van der Waals surface area contributed by atoms with Crippen molar-refractivity contribution in [1.82, 2.24) is 9.80 Å². The molecule has 0 heterocycles. The topological polar surface area (TPSA) is 49.9 Å². The molecule has 2 aromatic carbocycles. The van der Waals surface area contributed by atoms with Crippen molar-refractivity contribution in [1.29, 1.82) is 0 Å². The minimum absolute atomic E-state index is 0.0471. The number of hydrogen-bond acceptors (Lipinski definition) is 4. The molecule has 5 heteroatoms. The number of methoxy groups -OCH3 is 1. The Morgan fingerprint density at radius 2 is 1.34 bits per heavy atom. The molecule has 0 aliphatic rings. The van der Waals surface area contributed by atoms with E-state index in [1.807, 2.05) is 41.3 Å². The molecule has 0 saturated heterocycles. The summed E-state index contributed by atoms with van der Waals surface area (Å²) in [5.74, 6) is -0.195. The third-order valence-corrected chi connectivity index (χ3v) is 7.89. The first kappa shape index (κ1) is 36.8. The number of carbonyl (C=O) groups is 2. The number of allylic oxidation sites excluding steroid dienone is 3. The summed E-state index contributed by atoms with van der Waals surface area (Å²) in [6.45, 7) is 14.8. The highest BCUT2D eigenvalue weighted by Crippen LogP contribution is 2.22. The van der Waals surface area contributed by atoms with Crippen LogP contribution in [0.25, 0.3) is 11.1 Å². The number of amides is 1. The van der Waals surface area contributed by atoms with E-state index in [2.05, 4.69) is 62.6 Å². The van der Waals surface area contributed by atoms with Crippen molar-refractivity contribution in [3.63, 3.8) is 0 Å². The van der Waals surface area contributed by atoms with Gasteiger partial charge in [0.25, 0.3) is 5.91 Å². The minimum atomic E-state index is -0.242. The molecule has 5 nitrogen and oxygen atoms in total. The lowest BCUT2D eigenvalue weighted by Crippen LogP contribution is -2.39. The highest BCUT2D eigenvalue weighted by molar-refractivity contribution is 5.96. The zero-order valence-electron chi connectivity index (χ0n) is 27.9. The third-order valence-electron chi connectivity index (χ3n) is 7.89. The second kappa shape index (κ2) is 22.1. The number of esters is 1. The lowest BCUT2D eigenvalue weighted by atomic mass is 10.0. The van der Waals surface area contributed by atoms with Crippen LogP contribution in [0.3, 0.4) is 0 Å². The normalized spacial score (nSPS) is 11.7. The fraction of sp³-hybridized carbons (Fsp3) is 0.487. The Morgan fingerprint density at radius 1 is 0.750 bits per heavy atom. The summed E-state index contributed by atoms with van der Waals surface area (Å²) in [4.78, 5) is 30.1. The molecule has 0 spiro atoms. The Labute approximate surface area is 267 Å². The van der Waals surface area contributed by atoms with Crippen LogP contribution in [0.2, 0.25) is 0 Å². The maximum atomic E-state index is 14.0. The van der Waals surface area contributed by atoms with Crippen LogP contribution in [0, 0.1) is 0 Å². The van der Waals surface area contributed by atoms with Gasteiger partial charge in [0, 0.05) is 25.2 Å². The Morgan fingerprint density at radius 3 is 1.89 bits per heavy atom. The van der Waals surface area contributed by atoms with E-state index >= 15 is 0 Å². The lowest BCUT2D eigenvalue weighted by Gasteiger charge is -2.28. The van der Waals surface area contributed by atoms with Crippen molar-refractivity contribution in [2.45, 2.75) is 91.5 Å². The molecule has 0 unspecified atom stereocenters. The van der Waals surface area contributed by atoms with Gasteiger partial charge in [-0.2, -0.15) is 0 Å². The molecule has 2 rings (SSSR count). The monoisotopic (exact) mass is 600 g/mol. The fourth-order valence-corrected chi connectivity index (χ4v) is 5.10. The van der Waals surface area contributed by atoms with Crippen LogP contribution in [-0.2, 0) is 27.3 Å². The molecule has 1 amide bonds. The summed E-state index contributed by atoms with van der Waals surface area (Å²) in [5.41, 5.74) is 4.89. The molecular weight excluding hydrogens is 544 g/mol. The summed E-state index contributed by atoms with van der Waals surface area (Å²) >= 11 is 0. The predicted molar refractivity (Wildman–Crippen MR) is 185 cm³/mol. The van der Waals surface area contributed by atoms with E-state index in [0.717, 1.165) is 54.7 Å². The van der Waals surface area contributed by atoms with Gasteiger partial charge >= 0.3 is 5.97 Å². The van der Waals surface area contributed by atoms with Gasteiger partial charge in [0.05, 0.1) is 13.5 Å². The van der Waals surface area contributed by atoms with Crippen LogP contribution in [-0.4, -0.2) is 55.0 Å². The van der Waals surface area contributed by atoms with E-state index in [4.69, 9.17) is 4.74 Å². The first-order valence-corrected chi connectivity index (χ1v) is 16.7. The zero-order valence-corrected chi connectivity index (χ0v) is 27.9. The van der Waals surface area contributed by atoms with Crippen molar-refractivity contribution in [2.75, 3.05) is 33.3 Å². The summed E-state index contributed by atoms with van der Waals surface area (Å²) in [7, 11) is 1.41. The van der Waals surface area contributed by atoms with Crippen LogP contribution in [0.1, 0.15) is 89.7 Å². The fourth-order valence-electron chi connectivity index (χ4n) is 5.10. The van der Waals surface area contributed by atoms with Crippen molar-refractivity contribution in [3.8, 4) is 11.1 Å². The number of benzene rings is 2. The van der Waals surface area contributed by atoms with E-state index in [1.165, 1.54) is 52.1 Å².